The van der Waals surface area contributed by atoms with Gasteiger partial charge in [-0.05, 0) is 33.6 Å². The molecule has 5 nitrogen and oxygen atoms in total. The first-order valence-corrected chi connectivity index (χ1v) is 6.83. The van der Waals surface area contributed by atoms with E-state index in [0.29, 0.717) is 6.54 Å². The minimum absolute atomic E-state index is 0.171. The zero-order valence-corrected chi connectivity index (χ0v) is 11.9. The van der Waals surface area contributed by atoms with Gasteiger partial charge in [0.2, 0.25) is 0 Å². The first kappa shape index (κ1) is 13.9. The molecule has 0 aromatic carbocycles. The van der Waals surface area contributed by atoms with E-state index in [9.17, 15) is 4.79 Å². The van der Waals surface area contributed by atoms with Gasteiger partial charge in [0, 0.05) is 13.1 Å². The fourth-order valence-electron chi connectivity index (χ4n) is 2.27. The molecule has 0 N–H and O–H groups in total. The van der Waals surface area contributed by atoms with Crippen LogP contribution in [0.15, 0.2) is 16.9 Å². The van der Waals surface area contributed by atoms with Crippen LogP contribution in [0.1, 0.15) is 51.8 Å². The Morgan fingerprint density at radius 3 is 2.89 bits per heavy atom. The summed E-state index contributed by atoms with van der Waals surface area (Å²) in [5, 5.41) is 0. The average molecular weight is 266 g/mol. The van der Waals surface area contributed by atoms with Gasteiger partial charge >= 0.3 is 6.09 Å². The number of rotatable bonds is 1. The molecule has 1 amide bonds. The molecule has 19 heavy (non-hydrogen) atoms. The monoisotopic (exact) mass is 266 g/mol. The van der Waals surface area contributed by atoms with Gasteiger partial charge in [-0.1, -0.05) is 6.42 Å². The molecule has 0 saturated carbocycles. The first-order valence-electron chi connectivity index (χ1n) is 6.83. The van der Waals surface area contributed by atoms with E-state index in [-0.39, 0.29) is 12.0 Å². The molecule has 1 saturated heterocycles. The van der Waals surface area contributed by atoms with Crippen LogP contribution >= 0.6 is 0 Å². The smallest absolute Gasteiger partial charge is 0.410 e. The van der Waals surface area contributed by atoms with E-state index in [1.54, 1.807) is 17.4 Å². The topological polar surface area (TPSA) is 55.6 Å². The Morgan fingerprint density at radius 2 is 2.26 bits per heavy atom. The van der Waals surface area contributed by atoms with E-state index >= 15 is 0 Å². The van der Waals surface area contributed by atoms with Gasteiger partial charge in [0.15, 0.2) is 5.89 Å². The molecular weight excluding hydrogens is 244 g/mol. The number of amides is 1. The van der Waals surface area contributed by atoms with Crippen LogP contribution in [0.4, 0.5) is 4.79 Å². The highest BCUT2D eigenvalue weighted by molar-refractivity contribution is 5.68. The number of aromatic nitrogens is 1. The summed E-state index contributed by atoms with van der Waals surface area (Å²) in [6, 6.07) is 0. The lowest BCUT2D eigenvalue weighted by Gasteiger charge is -2.27. The van der Waals surface area contributed by atoms with Crippen LogP contribution in [0.2, 0.25) is 0 Å². The van der Waals surface area contributed by atoms with Crippen molar-refractivity contribution in [1.29, 1.82) is 0 Å². The van der Waals surface area contributed by atoms with Gasteiger partial charge in [0.25, 0.3) is 0 Å². The molecule has 2 rings (SSSR count). The summed E-state index contributed by atoms with van der Waals surface area (Å²) in [4.78, 5) is 18.1. The van der Waals surface area contributed by atoms with Gasteiger partial charge in [-0.15, -0.1) is 0 Å². The van der Waals surface area contributed by atoms with E-state index in [0.717, 1.165) is 31.7 Å². The minimum atomic E-state index is -0.457. The maximum absolute atomic E-state index is 12.1. The van der Waals surface area contributed by atoms with Crippen LogP contribution in [0, 0.1) is 0 Å². The zero-order chi connectivity index (χ0) is 13.9. The van der Waals surface area contributed by atoms with Crippen molar-refractivity contribution in [3.05, 3.63) is 18.4 Å². The van der Waals surface area contributed by atoms with Crippen molar-refractivity contribution in [2.75, 3.05) is 13.1 Å². The molecule has 5 heteroatoms. The summed E-state index contributed by atoms with van der Waals surface area (Å²) in [5.41, 5.74) is -0.457. The molecule has 0 radical (unpaired) electrons. The number of hydrogen-bond donors (Lipinski definition) is 0. The maximum atomic E-state index is 12.1. The molecule has 1 aliphatic rings. The number of carbonyl (C=O) groups excluding carboxylic acids is 1. The summed E-state index contributed by atoms with van der Waals surface area (Å²) in [6.45, 7) is 7.01. The molecular formula is C14H22N2O3. The van der Waals surface area contributed by atoms with Gasteiger partial charge in [-0.2, -0.15) is 0 Å². The van der Waals surface area contributed by atoms with Crippen LogP contribution in [0.3, 0.4) is 0 Å². The Bertz CT molecular complexity index is 409. The molecule has 2 heterocycles. The van der Waals surface area contributed by atoms with Gasteiger partial charge in [-0.25, -0.2) is 9.78 Å². The summed E-state index contributed by atoms with van der Waals surface area (Å²) in [7, 11) is 0. The third-order valence-corrected chi connectivity index (χ3v) is 3.12. The molecule has 1 atom stereocenters. The summed E-state index contributed by atoms with van der Waals surface area (Å²) in [5.74, 6) is 0.889. The predicted octanol–water partition coefficient (Wildman–Crippen LogP) is 3.18. The van der Waals surface area contributed by atoms with E-state index in [2.05, 4.69) is 4.98 Å². The van der Waals surface area contributed by atoms with E-state index in [1.165, 1.54) is 0 Å². The minimum Gasteiger partial charge on any atom is -0.449 e. The van der Waals surface area contributed by atoms with Crippen molar-refractivity contribution in [2.45, 2.75) is 51.6 Å². The SMILES string of the molecule is CC(C)(C)OC(=O)N1CCCC[C@@H](c2ncco2)C1. The highest BCUT2D eigenvalue weighted by atomic mass is 16.6. The summed E-state index contributed by atoms with van der Waals surface area (Å²) in [6.07, 6.45) is 6.06. The van der Waals surface area contributed by atoms with Crippen molar-refractivity contribution in [1.82, 2.24) is 9.88 Å². The van der Waals surface area contributed by atoms with Crippen molar-refractivity contribution >= 4 is 6.09 Å². The number of ether oxygens (including phenoxy) is 1. The Balaban J connectivity index is 2.02. The number of hydrogen-bond acceptors (Lipinski definition) is 4. The summed E-state index contributed by atoms with van der Waals surface area (Å²) < 4.78 is 10.8. The Morgan fingerprint density at radius 1 is 1.47 bits per heavy atom. The standard InChI is InChI=1S/C14H22N2O3/c1-14(2,3)19-13(17)16-8-5-4-6-11(10-16)12-15-7-9-18-12/h7,9,11H,4-6,8,10H2,1-3H3/t11-/m1/s1. The van der Waals surface area contributed by atoms with Crippen molar-refractivity contribution < 1.29 is 13.9 Å². The van der Waals surface area contributed by atoms with Crippen LogP contribution in [0.5, 0.6) is 0 Å². The number of oxazole rings is 1. The maximum Gasteiger partial charge on any atom is 0.410 e. The Kier molecular flexibility index (Phi) is 4.12. The highest BCUT2D eigenvalue weighted by Crippen LogP contribution is 2.26. The second-order valence-electron chi connectivity index (χ2n) is 5.99. The van der Waals surface area contributed by atoms with Crippen LogP contribution in [0.25, 0.3) is 0 Å². The molecule has 0 spiro atoms. The third-order valence-electron chi connectivity index (χ3n) is 3.12. The van der Waals surface area contributed by atoms with Gasteiger partial charge in [0.05, 0.1) is 12.1 Å². The Hall–Kier alpha value is -1.52. The lowest BCUT2D eigenvalue weighted by atomic mass is 10.0. The lowest BCUT2D eigenvalue weighted by molar-refractivity contribution is 0.0245. The van der Waals surface area contributed by atoms with Crippen molar-refractivity contribution in [3.63, 3.8) is 0 Å². The van der Waals surface area contributed by atoms with E-state index < -0.39 is 5.60 Å². The number of likely N-dealkylation sites (tertiary alicyclic amines) is 1. The van der Waals surface area contributed by atoms with Gasteiger partial charge in [-0.3, -0.25) is 0 Å². The van der Waals surface area contributed by atoms with E-state index in [4.69, 9.17) is 9.15 Å². The highest BCUT2D eigenvalue weighted by Gasteiger charge is 2.28. The lowest BCUT2D eigenvalue weighted by Crippen LogP contribution is -2.38. The average Bonchev–Trinajstić information content (AvgIpc) is 2.71. The summed E-state index contributed by atoms with van der Waals surface area (Å²) >= 11 is 0. The fourth-order valence-corrected chi connectivity index (χ4v) is 2.27. The molecule has 0 bridgehead atoms. The fraction of sp³-hybridized carbons (Fsp3) is 0.714. The molecule has 1 aromatic heterocycles. The number of carbonyl (C=O) groups is 1. The van der Waals surface area contributed by atoms with E-state index in [1.807, 2.05) is 20.8 Å². The van der Waals surface area contributed by atoms with Crippen LogP contribution in [-0.4, -0.2) is 34.7 Å². The van der Waals surface area contributed by atoms with Gasteiger partial charge < -0.3 is 14.1 Å². The third kappa shape index (κ3) is 3.98. The molecule has 1 aliphatic heterocycles. The quantitative estimate of drug-likeness (QED) is 0.783. The molecule has 1 fully saturated rings. The molecule has 1 aromatic rings. The molecule has 0 unspecified atom stereocenters. The van der Waals surface area contributed by atoms with Crippen molar-refractivity contribution in [3.8, 4) is 0 Å². The van der Waals surface area contributed by atoms with Gasteiger partial charge in [0.1, 0.15) is 11.9 Å². The number of nitrogens with zero attached hydrogens (tertiary/aromatic N) is 2. The largest absolute Gasteiger partial charge is 0.449 e. The first-order chi connectivity index (χ1) is 8.96. The second-order valence-corrected chi connectivity index (χ2v) is 5.99. The normalized spacial score (nSPS) is 21.0. The molecule has 0 aliphatic carbocycles. The van der Waals surface area contributed by atoms with Crippen molar-refractivity contribution in [2.24, 2.45) is 0 Å². The zero-order valence-electron chi connectivity index (χ0n) is 11.9. The molecule has 106 valence electrons. The predicted molar refractivity (Wildman–Crippen MR) is 70.9 cm³/mol. The Labute approximate surface area is 113 Å². The van der Waals surface area contributed by atoms with Crippen LogP contribution in [-0.2, 0) is 4.74 Å². The van der Waals surface area contributed by atoms with Crippen LogP contribution < -0.4 is 0 Å². The second kappa shape index (κ2) is 5.63.